The third kappa shape index (κ3) is 2.23. The first-order valence-corrected chi connectivity index (χ1v) is 6.02. The number of carboxylic acid groups (broad SMARTS) is 1. The van der Waals surface area contributed by atoms with Gasteiger partial charge in [0.2, 0.25) is 5.91 Å². The lowest BCUT2D eigenvalue weighted by Crippen LogP contribution is -2.17. The lowest BCUT2D eigenvalue weighted by atomic mass is 10.1. The highest BCUT2D eigenvalue weighted by Crippen LogP contribution is 2.58. The molecule has 2 atom stereocenters. The van der Waals surface area contributed by atoms with E-state index in [1.165, 1.54) is 12.1 Å². The summed E-state index contributed by atoms with van der Waals surface area (Å²) in [6.45, 7) is 3.42. The van der Waals surface area contributed by atoms with Crippen molar-refractivity contribution in [3.63, 3.8) is 0 Å². The van der Waals surface area contributed by atoms with Gasteiger partial charge in [-0.2, -0.15) is 5.26 Å². The van der Waals surface area contributed by atoms with Gasteiger partial charge in [0.1, 0.15) is 11.9 Å². The van der Waals surface area contributed by atoms with Crippen LogP contribution < -0.4 is 5.32 Å². The molecule has 0 radical (unpaired) electrons. The Morgan fingerprint density at radius 2 is 2.05 bits per heavy atom. The maximum absolute atomic E-state index is 13.2. The molecule has 0 bridgehead atoms. The standard InChI is InChI=1S/C14H13FN2O3/c1-14(2)10(11(14)13(19)20)12(18)17-8-3-4-9(15)7(5-8)6-16/h3-5,10-11H,1-2H3,(H,17,18)(H,19,20). The number of benzene rings is 1. The number of aliphatic carboxylic acids is 1. The summed E-state index contributed by atoms with van der Waals surface area (Å²) >= 11 is 0. The van der Waals surface area contributed by atoms with Gasteiger partial charge in [-0.3, -0.25) is 9.59 Å². The Morgan fingerprint density at radius 1 is 1.40 bits per heavy atom. The minimum atomic E-state index is -1.01. The second-order valence-electron chi connectivity index (χ2n) is 5.41. The van der Waals surface area contributed by atoms with E-state index in [1.54, 1.807) is 19.9 Å². The summed E-state index contributed by atoms with van der Waals surface area (Å²) in [7, 11) is 0. The Kier molecular flexibility index (Phi) is 3.22. The smallest absolute Gasteiger partial charge is 0.307 e. The van der Waals surface area contributed by atoms with Crippen molar-refractivity contribution in [2.24, 2.45) is 17.3 Å². The Labute approximate surface area is 115 Å². The van der Waals surface area contributed by atoms with Crippen molar-refractivity contribution < 1.29 is 19.1 Å². The van der Waals surface area contributed by atoms with Gasteiger partial charge in [0, 0.05) is 5.69 Å². The molecule has 2 rings (SSSR count). The van der Waals surface area contributed by atoms with Gasteiger partial charge >= 0.3 is 5.97 Å². The molecule has 1 saturated carbocycles. The van der Waals surface area contributed by atoms with Crippen LogP contribution in [0.5, 0.6) is 0 Å². The third-order valence-corrected chi connectivity index (χ3v) is 3.73. The van der Waals surface area contributed by atoms with Crippen LogP contribution in [0.1, 0.15) is 19.4 Å². The number of hydrogen-bond acceptors (Lipinski definition) is 3. The summed E-state index contributed by atoms with van der Waals surface area (Å²) in [5, 5.41) is 20.3. The Hall–Kier alpha value is -2.42. The van der Waals surface area contributed by atoms with E-state index in [0.29, 0.717) is 0 Å². The minimum absolute atomic E-state index is 0.173. The molecular formula is C14H13FN2O3. The molecule has 6 heteroatoms. The molecule has 2 unspecified atom stereocenters. The Morgan fingerprint density at radius 3 is 2.55 bits per heavy atom. The van der Waals surface area contributed by atoms with Gasteiger partial charge < -0.3 is 10.4 Å². The molecule has 0 saturated heterocycles. The highest BCUT2D eigenvalue weighted by molar-refractivity contribution is 5.99. The number of carbonyl (C=O) groups excluding carboxylic acids is 1. The fourth-order valence-electron chi connectivity index (χ4n) is 2.50. The molecule has 0 spiro atoms. The third-order valence-electron chi connectivity index (χ3n) is 3.73. The van der Waals surface area contributed by atoms with Crippen LogP contribution >= 0.6 is 0 Å². The van der Waals surface area contributed by atoms with Crippen LogP contribution in [0, 0.1) is 34.4 Å². The molecule has 1 aromatic carbocycles. The molecule has 0 heterocycles. The predicted molar refractivity (Wildman–Crippen MR) is 68.1 cm³/mol. The van der Waals surface area contributed by atoms with E-state index in [0.717, 1.165) is 6.07 Å². The number of nitrogens with zero attached hydrogens (tertiary/aromatic N) is 1. The Bertz CT molecular complexity index is 634. The molecule has 1 aliphatic carbocycles. The van der Waals surface area contributed by atoms with Crippen LogP contribution in [-0.4, -0.2) is 17.0 Å². The summed E-state index contributed by atoms with van der Waals surface area (Å²) in [5.74, 6) is -3.46. The number of carboxylic acids is 1. The van der Waals surface area contributed by atoms with Crippen molar-refractivity contribution >= 4 is 17.6 Å². The molecule has 2 N–H and O–H groups in total. The van der Waals surface area contributed by atoms with E-state index in [4.69, 9.17) is 10.4 Å². The normalized spacial score (nSPS) is 22.7. The van der Waals surface area contributed by atoms with Crippen LogP contribution in [0.4, 0.5) is 10.1 Å². The van der Waals surface area contributed by atoms with E-state index in [2.05, 4.69) is 5.32 Å². The second kappa shape index (κ2) is 4.60. The minimum Gasteiger partial charge on any atom is -0.481 e. The molecule has 1 aromatic rings. The predicted octanol–water partition coefficient (Wildman–Crippen LogP) is 1.99. The zero-order chi connectivity index (χ0) is 15.1. The number of carbonyl (C=O) groups is 2. The van der Waals surface area contributed by atoms with Crippen molar-refractivity contribution in [3.8, 4) is 6.07 Å². The lowest BCUT2D eigenvalue weighted by molar-refractivity contribution is -0.140. The molecule has 0 aromatic heterocycles. The highest BCUT2D eigenvalue weighted by Gasteiger charge is 2.65. The number of nitrogens with one attached hydrogen (secondary N) is 1. The maximum atomic E-state index is 13.2. The monoisotopic (exact) mass is 276 g/mol. The first kappa shape index (κ1) is 14.0. The maximum Gasteiger partial charge on any atom is 0.307 e. The molecule has 1 amide bonds. The fraction of sp³-hybridized carbons (Fsp3) is 0.357. The number of halogens is 1. The average molecular weight is 276 g/mol. The largest absolute Gasteiger partial charge is 0.481 e. The van der Waals surface area contributed by atoms with Crippen LogP contribution in [0.3, 0.4) is 0 Å². The van der Waals surface area contributed by atoms with Gasteiger partial charge in [-0.05, 0) is 23.6 Å². The fourth-order valence-corrected chi connectivity index (χ4v) is 2.50. The second-order valence-corrected chi connectivity index (χ2v) is 5.41. The van der Waals surface area contributed by atoms with Crippen LogP contribution in [0.25, 0.3) is 0 Å². The Balaban J connectivity index is 2.14. The van der Waals surface area contributed by atoms with Gasteiger partial charge in [-0.25, -0.2) is 4.39 Å². The van der Waals surface area contributed by atoms with Crippen LogP contribution in [0.15, 0.2) is 18.2 Å². The van der Waals surface area contributed by atoms with Crippen molar-refractivity contribution in [1.82, 2.24) is 0 Å². The molecule has 20 heavy (non-hydrogen) atoms. The van der Waals surface area contributed by atoms with E-state index in [1.807, 2.05) is 0 Å². The first-order chi connectivity index (χ1) is 9.28. The van der Waals surface area contributed by atoms with Gasteiger partial charge in [-0.15, -0.1) is 0 Å². The molecular weight excluding hydrogens is 263 g/mol. The van der Waals surface area contributed by atoms with E-state index >= 15 is 0 Å². The molecule has 1 aliphatic rings. The van der Waals surface area contributed by atoms with Gasteiger partial charge in [0.25, 0.3) is 0 Å². The van der Waals surface area contributed by atoms with E-state index in [9.17, 15) is 14.0 Å². The highest BCUT2D eigenvalue weighted by atomic mass is 19.1. The molecule has 1 fully saturated rings. The number of anilines is 1. The summed E-state index contributed by atoms with van der Waals surface area (Å²) in [6, 6.07) is 5.31. The summed E-state index contributed by atoms with van der Waals surface area (Å²) in [5.41, 5.74) is -0.499. The van der Waals surface area contributed by atoms with E-state index in [-0.39, 0.29) is 11.3 Å². The van der Waals surface area contributed by atoms with Crippen molar-refractivity contribution in [1.29, 1.82) is 5.26 Å². The number of amides is 1. The summed E-state index contributed by atoms with van der Waals surface area (Å²) in [4.78, 5) is 23.1. The van der Waals surface area contributed by atoms with Gasteiger partial charge in [0.15, 0.2) is 0 Å². The summed E-state index contributed by atoms with van der Waals surface area (Å²) < 4.78 is 13.2. The average Bonchev–Trinajstić information content (AvgIpc) is 2.95. The molecule has 0 aliphatic heterocycles. The lowest BCUT2D eigenvalue weighted by Gasteiger charge is -2.06. The number of rotatable bonds is 3. The van der Waals surface area contributed by atoms with Crippen LogP contribution in [-0.2, 0) is 9.59 Å². The van der Waals surface area contributed by atoms with Crippen LogP contribution in [0.2, 0.25) is 0 Å². The number of nitriles is 1. The molecule has 104 valence electrons. The zero-order valence-electron chi connectivity index (χ0n) is 11.0. The van der Waals surface area contributed by atoms with Gasteiger partial charge in [-0.1, -0.05) is 13.8 Å². The quantitative estimate of drug-likeness (QED) is 0.883. The molecule has 5 nitrogen and oxygen atoms in total. The SMILES string of the molecule is CC1(C)C(C(=O)O)C1C(=O)Nc1ccc(F)c(C#N)c1. The first-order valence-electron chi connectivity index (χ1n) is 6.02. The van der Waals surface area contributed by atoms with Crippen molar-refractivity contribution in [2.45, 2.75) is 13.8 Å². The van der Waals surface area contributed by atoms with Crippen molar-refractivity contribution in [3.05, 3.63) is 29.6 Å². The summed E-state index contributed by atoms with van der Waals surface area (Å²) in [6.07, 6.45) is 0. The topological polar surface area (TPSA) is 90.2 Å². The number of hydrogen-bond donors (Lipinski definition) is 2. The zero-order valence-corrected chi connectivity index (χ0v) is 11.0. The van der Waals surface area contributed by atoms with Crippen molar-refractivity contribution in [2.75, 3.05) is 5.32 Å². The van der Waals surface area contributed by atoms with E-state index < -0.39 is 34.9 Å². The van der Waals surface area contributed by atoms with Gasteiger partial charge in [0.05, 0.1) is 17.4 Å².